The first-order valence-corrected chi connectivity index (χ1v) is 28.3. The van der Waals surface area contributed by atoms with Gasteiger partial charge in [0.2, 0.25) is 41.4 Å². The van der Waals surface area contributed by atoms with Crippen LogP contribution in [0.25, 0.3) is 0 Å². The van der Waals surface area contributed by atoms with Crippen molar-refractivity contribution in [3.63, 3.8) is 0 Å². The van der Waals surface area contributed by atoms with E-state index in [0.29, 0.717) is 24.0 Å². The molecule has 20 heteroatoms. The van der Waals surface area contributed by atoms with Gasteiger partial charge in [0, 0.05) is 53.5 Å². The second kappa shape index (κ2) is 28.8. The third-order valence-electron chi connectivity index (χ3n) is 15.9. The van der Waals surface area contributed by atoms with Crippen LogP contribution in [0.15, 0.2) is 60.7 Å². The summed E-state index contributed by atoms with van der Waals surface area (Å²) < 4.78 is 6.00. The van der Waals surface area contributed by atoms with Gasteiger partial charge in [0.05, 0.1) is 11.7 Å². The maximum atomic E-state index is 15.3. The number of amides is 8. The Bertz CT molecular complexity index is 2470. The minimum absolute atomic E-state index is 0.0251. The molecule has 80 heavy (non-hydrogen) atoms. The molecule has 8 amide bonds. The van der Waals surface area contributed by atoms with Gasteiger partial charge in [0.25, 0.3) is 5.91 Å². The number of rotatable bonds is 13. The van der Waals surface area contributed by atoms with E-state index in [1.165, 1.54) is 70.6 Å². The fourth-order valence-electron chi connectivity index (χ4n) is 11.0. The quantitative estimate of drug-likeness (QED) is 0.181. The van der Waals surface area contributed by atoms with Gasteiger partial charge < -0.3 is 55.4 Å². The Morgan fingerprint density at radius 2 is 1.10 bits per heavy atom. The number of nitrogens with zero attached hydrogens (tertiary/aromatic N) is 5. The molecule has 2 aliphatic rings. The number of carbonyl (C=O) groups is 9. The van der Waals surface area contributed by atoms with E-state index in [-0.39, 0.29) is 38.1 Å². The predicted molar refractivity (Wildman–Crippen MR) is 303 cm³/mol. The number of carbonyl (C=O) groups excluding carboxylic acids is 9. The van der Waals surface area contributed by atoms with E-state index >= 15 is 9.59 Å². The summed E-state index contributed by atoms with van der Waals surface area (Å²) in [5.41, 5.74) is -0.669. The summed E-state index contributed by atoms with van der Waals surface area (Å²) in [6.45, 7) is 19.7. The van der Waals surface area contributed by atoms with E-state index < -0.39 is 143 Å². The summed E-state index contributed by atoms with van der Waals surface area (Å²) in [5.74, 6) is -9.77. The number of hydrogen-bond donors (Lipinski definition) is 5. The average molecular weight is 1120 g/mol. The molecule has 0 saturated carbocycles. The Labute approximate surface area is 474 Å². The van der Waals surface area contributed by atoms with Gasteiger partial charge in [-0.3, -0.25) is 38.4 Å². The van der Waals surface area contributed by atoms with Crippen LogP contribution in [0, 0.1) is 29.6 Å². The average Bonchev–Trinajstić information content (AvgIpc) is 3.89. The van der Waals surface area contributed by atoms with Crippen molar-refractivity contribution in [2.45, 2.75) is 188 Å². The van der Waals surface area contributed by atoms with Gasteiger partial charge in [-0.1, -0.05) is 129 Å². The Morgan fingerprint density at radius 1 is 0.613 bits per heavy atom. The molecule has 2 fully saturated rings. The smallest absolute Gasteiger partial charge is 0.332 e. The van der Waals surface area contributed by atoms with Gasteiger partial charge >= 0.3 is 5.97 Å². The lowest BCUT2D eigenvalue weighted by Crippen LogP contribution is -2.63. The molecule has 0 spiro atoms. The molecule has 0 radical (unpaired) electrons. The second-order valence-electron chi connectivity index (χ2n) is 23.9. The van der Waals surface area contributed by atoms with Gasteiger partial charge in [0.1, 0.15) is 42.3 Å². The lowest BCUT2D eigenvalue weighted by molar-refractivity contribution is -0.179. The van der Waals surface area contributed by atoms with Gasteiger partial charge in [0.15, 0.2) is 12.1 Å². The van der Waals surface area contributed by atoms with Gasteiger partial charge in [-0.05, 0) is 74.8 Å². The molecule has 4 rings (SSSR count). The van der Waals surface area contributed by atoms with Gasteiger partial charge in [-0.2, -0.15) is 0 Å². The molecule has 5 N–H and O–H groups in total. The van der Waals surface area contributed by atoms with Crippen molar-refractivity contribution in [2.24, 2.45) is 29.6 Å². The molecule has 0 unspecified atom stereocenters. The summed E-state index contributed by atoms with van der Waals surface area (Å²) in [7, 11) is 5.51. The van der Waals surface area contributed by atoms with Crippen molar-refractivity contribution < 1.29 is 58.1 Å². The highest BCUT2D eigenvalue weighted by Crippen LogP contribution is 2.27. The Balaban J connectivity index is 1.99. The lowest BCUT2D eigenvalue weighted by atomic mass is 9.93. The maximum absolute atomic E-state index is 15.3. The summed E-state index contributed by atoms with van der Waals surface area (Å²) >= 11 is 0. The molecular weight excluding hydrogens is 1020 g/mol. The lowest BCUT2D eigenvalue weighted by Gasteiger charge is -2.40. The zero-order valence-corrected chi connectivity index (χ0v) is 50.1. The van der Waals surface area contributed by atoms with Crippen molar-refractivity contribution in [1.82, 2.24) is 40.4 Å². The van der Waals surface area contributed by atoms with E-state index in [9.17, 15) is 43.8 Å². The zero-order chi connectivity index (χ0) is 60.2. The van der Waals surface area contributed by atoms with Crippen LogP contribution < -0.4 is 16.0 Å². The molecule has 2 saturated heterocycles. The van der Waals surface area contributed by atoms with Crippen molar-refractivity contribution >= 4 is 53.2 Å². The first kappa shape index (κ1) is 66.1. The predicted octanol–water partition coefficient (Wildman–Crippen LogP) is 3.34. The van der Waals surface area contributed by atoms with Crippen LogP contribution in [0.2, 0.25) is 0 Å². The molecule has 444 valence electrons. The SMILES string of the molecule is CC[C@@H](C)[C@@H]1NC(=O)[C@H]2CCCN2C(=O)[C@@H](Cc2ccccc2)N(C)C(=O)[C@H](Cc2ccccc2)NC(=O)[C@@H](C(C)C)N(C)C(=O)[C@@H]([C@@H](C)[C@@H](C)O)OC(=O)[C@H](C(C)(C)O)N(C)C(=O)[C@H](CC(C)C)NC(=O)[C@H](C(C)C)N(C)C1=O. The molecule has 2 heterocycles. The highest BCUT2D eigenvalue weighted by Gasteiger charge is 2.48. The molecule has 0 aliphatic carbocycles. The fraction of sp³-hybridized carbons (Fsp3) is 0.650. The minimum atomic E-state index is -2.04. The molecule has 2 aromatic carbocycles. The largest absolute Gasteiger partial charge is 0.450 e. The first-order chi connectivity index (χ1) is 37.3. The Morgan fingerprint density at radius 3 is 1.57 bits per heavy atom. The van der Waals surface area contributed by atoms with Crippen molar-refractivity contribution in [2.75, 3.05) is 34.7 Å². The third-order valence-corrected chi connectivity index (χ3v) is 15.9. The molecule has 0 aromatic heterocycles. The normalized spacial score (nSPS) is 26.7. The number of aliphatic hydroxyl groups excluding tert-OH is 1. The number of benzene rings is 2. The molecule has 20 nitrogen and oxygen atoms in total. The van der Waals surface area contributed by atoms with Crippen LogP contribution >= 0.6 is 0 Å². The molecule has 2 aliphatic heterocycles. The number of hydrogen-bond acceptors (Lipinski definition) is 12. The molecule has 2 aromatic rings. The van der Waals surface area contributed by atoms with Crippen LogP contribution in [0.5, 0.6) is 0 Å². The van der Waals surface area contributed by atoms with Crippen molar-refractivity contribution in [1.29, 1.82) is 0 Å². The van der Waals surface area contributed by atoms with Gasteiger partial charge in [-0.25, -0.2) is 4.79 Å². The van der Waals surface area contributed by atoms with E-state index in [1.54, 1.807) is 77.1 Å². The standard InChI is InChI=1S/C60H92N8O12/c1-17-37(8)46-57(76)65(14)47(35(4)5)52(71)61-42(31-34(2)3)55(74)67(16)50(60(11,12)79)59(78)80-49(38(9)39(10)69)58(77)66(15)48(36(6)7)53(72)62-43(32-40-25-20-18-21-26-40)54(73)64(13)45(33-41-27-22-19-23-28-41)56(75)68-30-24-29-44(68)51(70)63-46/h18-23,25-28,34-39,42-50,69,79H,17,24,29-33H2,1-16H3,(H,61,71)(H,62,72)(H,63,70)/t37-,38+,39-,42+,43+,44-,45-,46+,47+,48-,49-,50-/m1/s1. The van der Waals surface area contributed by atoms with Crippen LogP contribution in [0.3, 0.4) is 0 Å². The third kappa shape index (κ3) is 16.4. The number of esters is 1. The highest BCUT2D eigenvalue weighted by molar-refractivity contribution is 5.99. The number of aliphatic hydroxyl groups is 2. The molecular formula is C60H92N8O12. The number of fused-ring (bicyclic) bond motifs is 1. The van der Waals surface area contributed by atoms with E-state index in [2.05, 4.69) is 16.0 Å². The molecule has 12 atom stereocenters. The van der Waals surface area contributed by atoms with Crippen LogP contribution in [-0.2, 0) is 60.7 Å². The Kier molecular flexibility index (Phi) is 23.8. The summed E-state index contributed by atoms with van der Waals surface area (Å²) in [4.78, 5) is 140. The maximum Gasteiger partial charge on any atom is 0.332 e. The van der Waals surface area contributed by atoms with Crippen LogP contribution in [-0.4, -0.2) is 189 Å². The van der Waals surface area contributed by atoms with Crippen LogP contribution in [0.4, 0.5) is 0 Å². The van der Waals surface area contributed by atoms with Crippen LogP contribution in [0.1, 0.15) is 120 Å². The first-order valence-electron chi connectivity index (χ1n) is 28.3. The zero-order valence-electron chi connectivity index (χ0n) is 50.1. The van der Waals surface area contributed by atoms with E-state index in [4.69, 9.17) is 4.74 Å². The van der Waals surface area contributed by atoms with Crippen molar-refractivity contribution in [3.05, 3.63) is 71.8 Å². The summed E-state index contributed by atoms with van der Waals surface area (Å²) in [6, 6.07) is 7.58. The number of cyclic esters (lactones) is 1. The number of ether oxygens (including phenoxy) is 1. The second-order valence-corrected chi connectivity index (χ2v) is 23.9. The topological polar surface area (TPSA) is 256 Å². The number of nitrogens with one attached hydrogen (secondary N) is 3. The van der Waals surface area contributed by atoms with E-state index in [0.717, 1.165) is 9.80 Å². The van der Waals surface area contributed by atoms with Crippen molar-refractivity contribution in [3.8, 4) is 0 Å². The molecule has 0 bridgehead atoms. The fourth-order valence-corrected chi connectivity index (χ4v) is 11.0. The monoisotopic (exact) mass is 1120 g/mol. The Hall–Kier alpha value is -6.41. The van der Waals surface area contributed by atoms with Gasteiger partial charge in [-0.15, -0.1) is 0 Å². The summed E-state index contributed by atoms with van der Waals surface area (Å²) in [5, 5.41) is 31.4. The minimum Gasteiger partial charge on any atom is -0.450 e. The summed E-state index contributed by atoms with van der Waals surface area (Å²) in [6.07, 6.45) is -1.91. The highest BCUT2D eigenvalue weighted by atomic mass is 16.6. The number of likely N-dealkylation sites (N-methyl/N-ethyl adjacent to an activating group) is 4. The van der Waals surface area contributed by atoms with E-state index in [1.807, 2.05) is 39.0 Å².